The zero-order valence-corrected chi connectivity index (χ0v) is 12.3. The first-order chi connectivity index (χ1) is 9.52. The predicted molar refractivity (Wildman–Crippen MR) is 77.1 cm³/mol. The van der Waals surface area contributed by atoms with Gasteiger partial charge in [-0.1, -0.05) is 0 Å². The zero-order chi connectivity index (χ0) is 14.4. The molecule has 3 rings (SSSR count). The van der Waals surface area contributed by atoms with Gasteiger partial charge in [0.1, 0.15) is 9.71 Å². The highest BCUT2D eigenvalue weighted by Gasteiger charge is 2.21. The molecule has 0 aromatic carbocycles. The van der Waals surface area contributed by atoms with Gasteiger partial charge < -0.3 is 4.74 Å². The summed E-state index contributed by atoms with van der Waals surface area (Å²) in [5.74, 6) is -0.113. The first kappa shape index (κ1) is 13.0. The Morgan fingerprint density at radius 2 is 2.30 bits per heavy atom. The van der Waals surface area contributed by atoms with Gasteiger partial charge in [-0.2, -0.15) is 4.52 Å². The molecule has 0 bridgehead atoms. The number of aromatic amines is 2. The van der Waals surface area contributed by atoms with Crippen LogP contribution in [0.2, 0.25) is 0 Å². The number of carbonyl (C=O) groups is 1. The number of rotatable bonds is 2. The second-order valence-electron chi connectivity index (χ2n) is 4.10. The molecule has 2 N–H and O–H groups in total. The molecule has 0 saturated heterocycles. The molecule has 0 aliphatic carbocycles. The van der Waals surface area contributed by atoms with Crippen molar-refractivity contribution in [1.82, 2.24) is 19.6 Å². The van der Waals surface area contributed by atoms with Crippen molar-refractivity contribution in [1.29, 1.82) is 0 Å². The predicted octanol–water partition coefficient (Wildman–Crippen LogP) is 1.78. The Hall–Kier alpha value is -2.00. The summed E-state index contributed by atoms with van der Waals surface area (Å²) < 4.78 is 6.53. The van der Waals surface area contributed by atoms with Crippen LogP contribution in [0.4, 0.5) is 0 Å². The number of hydrogen-bond donors (Lipinski definition) is 2. The Kier molecular flexibility index (Phi) is 2.94. The summed E-state index contributed by atoms with van der Waals surface area (Å²) in [6.45, 7) is 3.73. The number of aryl methyl sites for hydroxylation is 1. The largest absolute Gasteiger partial charge is 0.462 e. The molecule has 0 spiro atoms. The number of fused-ring (bicyclic) bond motifs is 2. The highest BCUT2D eigenvalue weighted by molar-refractivity contribution is 7.71. The molecule has 0 amide bonds. The highest BCUT2D eigenvalue weighted by Crippen LogP contribution is 2.27. The second-order valence-corrected chi connectivity index (χ2v) is 5.51. The summed E-state index contributed by atoms with van der Waals surface area (Å²) in [5, 5.41) is 3.10. The molecule has 7 nitrogen and oxygen atoms in total. The van der Waals surface area contributed by atoms with E-state index >= 15 is 0 Å². The fraction of sp³-hybridized carbons (Fsp3) is 0.273. The summed E-state index contributed by atoms with van der Waals surface area (Å²) >= 11 is 6.08. The van der Waals surface area contributed by atoms with E-state index in [9.17, 15) is 9.59 Å². The van der Waals surface area contributed by atoms with Crippen molar-refractivity contribution in [3.8, 4) is 0 Å². The van der Waals surface area contributed by atoms with Crippen LogP contribution in [-0.2, 0) is 4.74 Å². The van der Waals surface area contributed by atoms with Crippen LogP contribution in [0.1, 0.15) is 22.2 Å². The van der Waals surface area contributed by atoms with Crippen LogP contribution in [0.15, 0.2) is 4.79 Å². The fourth-order valence-corrected chi connectivity index (χ4v) is 3.24. The number of H-pyrrole nitrogens is 2. The molecule has 3 heterocycles. The van der Waals surface area contributed by atoms with Gasteiger partial charge in [0, 0.05) is 0 Å². The lowest BCUT2D eigenvalue weighted by Gasteiger charge is -1.98. The van der Waals surface area contributed by atoms with Crippen molar-refractivity contribution in [3.63, 3.8) is 0 Å². The Bertz CT molecular complexity index is 946. The van der Waals surface area contributed by atoms with Crippen molar-refractivity contribution in [3.05, 3.63) is 25.6 Å². The molecule has 20 heavy (non-hydrogen) atoms. The molecule has 3 aromatic rings. The molecule has 0 saturated carbocycles. The van der Waals surface area contributed by atoms with Gasteiger partial charge in [0.15, 0.2) is 4.77 Å². The van der Waals surface area contributed by atoms with Crippen LogP contribution in [0.5, 0.6) is 0 Å². The van der Waals surface area contributed by atoms with Gasteiger partial charge in [0.25, 0.3) is 5.56 Å². The molecular weight excluding hydrogens is 300 g/mol. The number of carbonyl (C=O) groups excluding carboxylic acids is 1. The molecule has 0 radical (unpaired) electrons. The summed E-state index contributed by atoms with van der Waals surface area (Å²) in [4.78, 5) is 32.2. The summed E-state index contributed by atoms with van der Waals surface area (Å²) in [6, 6.07) is 0. The quantitative estimate of drug-likeness (QED) is 0.556. The van der Waals surface area contributed by atoms with Crippen molar-refractivity contribution in [2.75, 3.05) is 6.61 Å². The van der Waals surface area contributed by atoms with E-state index in [-0.39, 0.29) is 12.2 Å². The van der Waals surface area contributed by atoms with Crippen LogP contribution in [0, 0.1) is 11.7 Å². The van der Waals surface area contributed by atoms with Crippen LogP contribution in [-0.4, -0.2) is 32.2 Å². The molecule has 0 unspecified atom stereocenters. The maximum atomic E-state index is 12.4. The number of thiophene rings is 1. The van der Waals surface area contributed by atoms with E-state index in [4.69, 9.17) is 17.0 Å². The van der Waals surface area contributed by atoms with Crippen LogP contribution in [0.3, 0.4) is 0 Å². The van der Waals surface area contributed by atoms with Crippen molar-refractivity contribution < 1.29 is 9.53 Å². The second kappa shape index (κ2) is 4.53. The third-order valence-corrected chi connectivity index (χ3v) is 4.22. The number of nitrogens with zero attached hydrogens (tertiary/aromatic N) is 2. The molecule has 0 atom stereocenters. The minimum absolute atomic E-state index is 0.285. The lowest BCUT2D eigenvalue weighted by Crippen LogP contribution is -2.15. The Labute approximate surface area is 121 Å². The maximum absolute atomic E-state index is 12.4. The summed E-state index contributed by atoms with van der Waals surface area (Å²) in [5.41, 5.74) is 0.289. The van der Waals surface area contributed by atoms with E-state index in [0.717, 1.165) is 11.3 Å². The first-order valence-electron chi connectivity index (χ1n) is 5.84. The van der Waals surface area contributed by atoms with Gasteiger partial charge >= 0.3 is 5.97 Å². The van der Waals surface area contributed by atoms with E-state index < -0.39 is 5.97 Å². The average molecular weight is 310 g/mol. The van der Waals surface area contributed by atoms with Gasteiger partial charge in [0.05, 0.1) is 12.0 Å². The third-order valence-electron chi connectivity index (χ3n) is 2.86. The van der Waals surface area contributed by atoms with Crippen molar-refractivity contribution in [2.45, 2.75) is 13.8 Å². The Morgan fingerprint density at radius 3 is 3.00 bits per heavy atom. The Morgan fingerprint density at radius 1 is 1.55 bits per heavy atom. The standard InChI is InChI=1S/C11H10N4O3S2/c1-3-18-9(17)6-4(2)5-7(20-6)12-10-13-11(19)14-15(10)8(5)16/h3H2,1-2H3,(H2,12,13,14,19). The highest BCUT2D eigenvalue weighted by atomic mass is 32.1. The van der Waals surface area contributed by atoms with Gasteiger partial charge in [-0.15, -0.1) is 11.3 Å². The van der Waals surface area contributed by atoms with Crippen molar-refractivity contribution in [2.24, 2.45) is 0 Å². The average Bonchev–Trinajstić information content (AvgIpc) is 2.91. The lowest BCUT2D eigenvalue weighted by molar-refractivity contribution is 0.0531. The van der Waals surface area contributed by atoms with Gasteiger partial charge in [0.2, 0.25) is 5.78 Å². The molecular formula is C11H10N4O3S2. The number of esters is 1. The SMILES string of the molecule is CCOC(=O)c1sc2nc3[nH]c(=S)[nH]n3c(=O)c2c1C. The van der Waals surface area contributed by atoms with Crippen LogP contribution < -0.4 is 5.56 Å². The summed E-state index contributed by atoms with van der Waals surface area (Å²) in [7, 11) is 0. The molecule has 104 valence electrons. The normalized spacial score (nSPS) is 11.3. The fourth-order valence-electron chi connectivity index (χ4n) is 1.99. The van der Waals surface area contributed by atoms with E-state index in [1.807, 2.05) is 0 Å². The van der Waals surface area contributed by atoms with Gasteiger partial charge in [-0.05, 0) is 31.6 Å². The van der Waals surface area contributed by atoms with E-state index in [0.29, 0.717) is 31.2 Å². The minimum Gasteiger partial charge on any atom is -0.462 e. The number of nitrogens with one attached hydrogen (secondary N) is 2. The molecule has 0 aliphatic rings. The van der Waals surface area contributed by atoms with Gasteiger partial charge in [-0.3, -0.25) is 14.9 Å². The minimum atomic E-state index is -0.436. The Balaban J connectivity index is 2.37. The number of hydrogen-bond acceptors (Lipinski definition) is 6. The summed E-state index contributed by atoms with van der Waals surface area (Å²) in [6.07, 6.45) is 0. The van der Waals surface area contributed by atoms with Crippen LogP contribution in [0.25, 0.3) is 16.0 Å². The lowest BCUT2D eigenvalue weighted by atomic mass is 10.2. The topological polar surface area (TPSA) is 92.2 Å². The van der Waals surface area contributed by atoms with Crippen LogP contribution >= 0.6 is 23.6 Å². The number of aromatic nitrogens is 4. The molecule has 3 aromatic heterocycles. The molecule has 0 aliphatic heterocycles. The maximum Gasteiger partial charge on any atom is 0.348 e. The smallest absolute Gasteiger partial charge is 0.348 e. The van der Waals surface area contributed by atoms with Crippen molar-refractivity contribution >= 4 is 45.5 Å². The number of ether oxygens (including phenoxy) is 1. The van der Waals surface area contributed by atoms with E-state index in [1.54, 1.807) is 13.8 Å². The zero-order valence-electron chi connectivity index (χ0n) is 10.6. The monoisotopic (exact) mass is 310 g/mol. The van der Waals surface area contributed by atoms with Gasteiger partial charge in [-0.25, -0.2) is 9.78 Å². The van der Waals surface area contributed by atoms with E-state index in [1.165, 1.54) is 4.52 Å². The third kappa shape index (κ3) is 1.78. The van der Waals surface area contributed by atoms with E-state index in [2.05, 4.69) is 15.1 Å². The first-order valence-corrected chi connectivity index (χ1v) is 7.06. The molecule has 9 heteroatoms. The molecule has 0 fully saturated rings.